The van der Waals surface area contributed by atoms with E-state index in [2.05, 4.69) is 10.6 Å². The molecule has 0 aliphatic heterocycles. The van der Waals surface area contributed by atoms with Crippen LogP contribution in [0.5, 0.6) is 11.5 Å². The molecule has 0 spiro atoms. The maximum atomic E-state index is 13.0. The van der Waals surface area contributed by atoms with Gasteiger partial charge < -0.3 is 34.3 Å². The molecule has 12 heteroatoms. The molecule has 0 saturated heterocycles. The fourth-order valence-electron chi connectivity index (χ4n) is 4.03. The Morgan fingerprint density at radius 2 is 1.40 bits per heavy atom. The van der Waals surface area contributed by atoms with Gasteiger partial charge in [-0.05, 0) is 69.2 Å². The normalized spacial score (nSPS) is 11.4. The monoisotopic (exact) mass is 648 g/mol. The smallest absolute Gasteiger partial charge is 0.344 e. The summed E-state index contributed by atoms with van der Waals surface area (Å²) in [4.78, 5) is 62.2. The maximum Gasteiger partial charge on any atom is 0.344 e. The van der Waals surface area contributed by atoms with Crippen LogP contribution in [-0.2, 0) is 46.4 Å². The van der Waals surface area contributed by atoms with Gasteiger partial charge in [-0.1, -0.05) is 48.5 Å². The molecule has 0 fully saturated rings. The highest BCUT2D eigenvalue weighted by Crippen LogP contribution is 2.16. The van der Waals surface area contributed by atoms with Crippen LogP contribution < -0.4 is 20.1 Å². The van der Waals surface area contributed by atoms with Crippen LogP contribution in [0.2, 0.25) is 0 Å². The van der Waals surface area contributed by atoms with Gasteiger partial charge in [0.25, 0.3) is 5.91 Å². The number of carbonyl (C=O) groups is 5. The summed E-state index contributed by atoms with van der Waals surface area (Å²) in [5.41, 5.74) is 0.927. The molecule has 0 unspecified atom stereocenters. The van der Waals surface area contributed by atoms with Crippen molar-refractivity contribution in [1.82, 2.24) is 10.6 Å². The van der Waals surface area contributed by atoms with Gasteiger partial charge in [0.05, 0.1) is 13.2 Å². The zero-order valence-corrected chi connectivity index (χ0v) is 26.9. The second-order valence-corrected chi connectivity index (χ2v) is 11.2. The van der Waals surface area contributed by atoms with Crippen molar-refractivity contribution in [3.05, 3.63) is 95.6 Å². The third-order valence-corrected chi connectivity index (χ3v) is 6.16. The second-order valence-electron chi connectivity index (χ2n) is 11.2. The molecule has 1 atom stereocenters. The third kappa shape index (κ3) is 13.6. The van der Waals surface area contributed by atoms with E-state index < -0.39 is 47.9 Å². The SMILES string of the molecule is CCOC(=O)COc1ccc(C[C@H](NC(=O)CNC(=O)c2cccc(OCC(=O)OCc3ccccc3)c2)C(=O)OC(C)(C)C)cc1. The topological polar surface area (TPSA) is 156 Å². The Morgan fingerprint density at radius 1 is 0.745 bits per heavy atom. The van der Waals surface area contributed by atoms with Gasteiger partial charge in [-0.25, -0.2) is 14.4 Å². The van der Waals surface area contributed by atoms with Gasteiger partial charge in [-0.3, -0.25) is 9.59 Å². The van der Waals surface area contributed by atoms with Crippen molar-refractivity contribution in [2.75, 3.05) is 26.4 Å². The third-order valence-electron chi connectivity index (χ3n) is 6.16. The molecule has 0 aromatic heterocycles. The zero-order chi connectivity index (χ0) is 34.2. The lowest BCUT2D eigenvalue weighted by Gasteiger charge is -2.25. The van der Waals surface area contributed by atoms with Crippen LogP contribution in [0.4, 0.5) is 0 Å². The van der Waals surface area contributed by atoms with Gasteiger partial charge in [0.1, 0.15) is 29.7 Å². The van der Waals surface area contributed by atoms with Crippen LogP contribution in [0, 0.1) is 0 Å². The van der Waals surface area contributed by atoms with E-state index in [0.29, 0.717) is 11.3 Å². The molecule has 0 saturated carbocycles. The van der Waals surface area contributed by atoms with Gasteiger partial charge in [0.15, 0.2) is 13.2 Å². The van der Waals surface area contributed by atoms with Crippen molar-refractivity contribution in [2.24, 2.45) is 0 Å². The minimum Gasteiger partial charge on any atom is -0.482 e. The van der Waals surface area contributed by atoms with Gasteiger partial charge >= 0.3 is 17.9 Å². The van der Waals surface area contributed by atoms with Crippen molar-refractivity contribution >= 4 is 29.7 Å². The first-order valence-electron chi connectivity index (χ1n) is 15.0. The zero-order valence-electron chi connectivity index (χ0n) is 26.9. The molecular weight excluding hydrogens is 608 g/mol. The second kappa shape index (κ2) is 17.9. The van der Waals surface area contributed by atoms with Gasteiger partial charge in [-0.2, -0.15) is 0 Å². The summed E-state index contributed by atoms with van der Waals surface area (Å²) in [6.45, 7) is 6.19. The Bertz CT molecular complexity index is 1500. The number of amides is 2. The Hall–Kier alpha value is -5.39. The number of esters is 3. The lowest BCUT2D eigenvalue weighted by Crippen LogP contribution is -2.48. The largest absolute Gasteiger partial charge is 0.482 e. The molecular formula is C35H40N2O10. The van der Waals surface area contributed by atoms with Gasteiger partial charge in [0.2, 0.25) is 5.91 Å². The highest BCUT2D eigenvalue weighted by atomic mass is 16.6. The summed E-state index contributed by atoms with van der Waals surface area (Å²) in [5, 5.41) is 5.16. The van der Waals surface area contributed by atoms with E-state index in [1.165, 1.54) is 12.1 Å². The van der Waals surface area contributed by atoms with Crippen LogP contribution in [0.1, 0.15) is 49.2 Å². The first-order valence-corrected chi connectivity index (χ1v) is 15.0. The van der Waals surface area contributed by atoms with Crippen molar-refractivity contribution in [1.29, 1.82) is 0 Å². The average Bonchev–Trinajstić information content (AvgIpc) is 3.04. The van der Waals surface area contributed by atoms with E-state index in [1.807, 2.05) is 30.3 Å². The molecule has 12 nitrogen and oxygen atoms in total. The quantitative estimate of drug-likeness (QED) is 0.174. The molecule has 3 aromatic carbocycles. The number of benzene rings is 3. The van der Waals surface area contributed by atoms with E-state index in [0.717, 1.165) is 5.56 Å². The summed E-state index contributed by atoms with van der Waals surface area (Å²) in [6, 6.07) is 20.9. The molecule has 0 aliphatic carbocycles. The van der Waals surface area contributed by atoms with Crippen LogP contribution in [-0.4, -0.2) is 67.7 Å². The van der Waals surface area contributed by atoms with Crippen molar-refractivity contribution < 1.29 is 47.7 Å². The highest BCUT2D eigenvalue weighted by molar-refractivity contribution is 5.97. The van der Waals surface area contributed by atoms with Gasteiger partial charge in [0, 0.05) is 12.0 Å². The number of ether oxygens (including phenoxy) is 5. The van der Waals surface area contributed by atoms with Crippen LogP contribution in [0.3, 0.4) is 0 Å². The summed E-state index contributed by atoms with van der Waals surface area (Å²) < 4.78 is 26.4. The Kier molecular flexibility index (Phi) is 13.8. The minimum atomic E-state index is -1.05. The van der Waals surface area contributed by atoms with Crippen LogP contribution in [0.15, 0.2) is 78.9 Å². The molecule has 250 valence electrons. The van der Waals surface area contributed by atoms with Crippen LogP contribution >= 0.6 is 0 Å². The molecule has 0 aliphatic rings. The molecule has 0 radical (unpaired) electrons. The predicted molar refractivity (Wildman–Crippen MR) is 171 cm³/mol. The molecule has 0 bridgehead atoms. The summed E-state index contributed by atoms with van der Waals surface area (Å²) >= 11 is 0. The first-order chi connectivity index (χ1) is 22.4. The van der Waals surface area contributed by atoms with Crippen LogP contribution in [0.25, 0.3) is 0 Å². The maximum absolute atomic E-state index is 13.0. The number of nitrogens with one attached hydrogen (secondary N) is 2. The molecule has 2 N–H and O–H groups in total. The lowest BCUT2D eigenvalue weighted by atomic mass is 10.1. The standard InChI is InChI=1S/C35H40N2O10/c1-5-43-31(39)22-44-27-16-14-24(15-17-27)18-29(34(42)47-35(2,3)4)37-30(38)20-36-33(41)26-12-9-13-28(19-26)45-23-32(40)46-21-25-10-7-6-8-11-25/h6-17,19,29H,5,18,20-23H2,1-4H3,(H,36,41)(H,37,38)/t29-/m0/s1. The fourth-order valence-corrected chi connectivity index (χ4v) is 4.03. The van der Waals surface area contributed by atoms with E-state index in [9.17, 15) is 24.0 Å². The number of carbonyl (C=O) groups excluding carboxylic acids is 5. The number of hydrogen-bond acceptors (Lipinski definition) is 10. The molecule has 47 heavy (non-hydrogen) atoms. The van der Waals surface area contributed by atoms with E-state index in [1.54, 1.807) is 64.1 Å². The van der Waals surface area contributed by atoms with E-state index >= 15 is 0 Å². The highest BCUT2D eigenvalue weighted by Gasteiger charge is 2.27. The number of rotatable bonds is 16. The number of hydrogen-bond donors (Lipinski definition) is 2. The first kappa shape index (κ1) is 36.1. The molecule has 3 aromatic rings. The summed E-state index contributed by atoms with van der Waals surface area (Å²) in [5.74, 6) is -2.19. The minimum absolute atomic E-state index is 0.0971. The molecule has 3 rings (SSSR count). The van der Waals surface area contributed by atoms with E-state index in [-0.39, 0.29) is 44.2 Å². The van der Waals surface area contributed by atoms with Crippen molar-refractivity contribution in [3.8, 4) is 11.5 Å². The summed E-state index contributed by atoms with van der Waals surface area (Å²) in [6.07, 6.45) is 0.0971. The molecule has 0 heterocycles. The fraction of sp³-hybridized carbons (Fsp3) is 0.343. The van der Waals surface area contributed by atoms with Crippen molar-refractivity contribution in [3.63, 3.8) is 0 Å². The Morgan fingerprint density at radius 3 is 2.06 bits per heavy atom. The van der Waals surface area contributed by atoms with Gasteiger partial charge in [-0.15, -0.1) is 0 Å². The lowest BCUT2D eigenvalue weighted by molar-refractivity contribution is -0.158. The summed E-state index contributed by atoms with van der Waals surface area (Å²) in [7, 11) is 0. The Balaban J connectivity index is 1.53. The Labute approximate surface area is 273 Å². The van der Waals surface area contributed by atoms with Crippen molar-refractivity contribution in [2.45, 2.75) is 52.4 Å². The van der Waals surface area contributed by atoms with E-state index in [4.69, 9.17) is 23.7 Å². The predicted octanol–water partition coefficient (Wildman–Crippen LogP) is 3.55. The average molecular weight is 649 g/mol. The molecule has 2 amide bonds.